The molecule has 2 aromatic rings. The zero-order chi connectivity index (χ0) is 19.7. The van der Waals surface area contributed by atoms with Gasteiger partial charge in [0.1, 0.15) is 17.1 Å². The molecule has 0 bridgehead atoms. The topological polar surface area (TPSA) is 83.7 Å². The Kier molecular flexibility index (Phi) is 5.37. The first-order chi connectivity index (χ1) is 12.8. The van der Waals surface area contributed by atoms with E-state index in [2.05, 4.69) is 10.3 Å². The van der Waals surface area contributed by atoms with Crippen molar-refractivity contribution in [3.63, 3.8) is 0 Å². The van der Waals surface area contributed by atoms with E-state index in [1.165, 1.54) is 4.57 Å². The Morgan fingerprint density at radius 3 is 2.81 bits per heavy atom. The van der Waals surface area contributed by atoms with Gasteiger partial charge in [-0.25, -0.2) is 0 Å². The van der Waals surface area contributed by atoms with Crippen LogP contribution in [0.15, 0.2) is 39.6 Å². The monoisotopic (exact) mass is 387 g/mol. The van der Waals surface area contributed by atoms with E-state index >= 15 is 0 Å². The fourth-order valence-electron chi connectivity index (χ4n) is 3.15. The third kappa shape index (κ3) is 3.76. The maximum Gasteiger partial charge on any atom is 0.267 e. The van der Waals surface area contributed by atoms with Crippen LogP contribution in [0.25, 0.3) is 10.9 Å². The molecule has 142 valence electrons. The van der Waals surface area contributed by atoms with Crippen molar-refractivity contribution in [1.82, 2.24) is 9.88 Å². The Hall–Kier alpha value is -2.60. The number of nitrogens with zero attached hydrogens (tertiary/aromatic N) is 2. The minimum atomic E-state index is -0.676. The summed E-state index contributed by atoms with van der Waals surface area (Å²) >= 11 is 6.07. The van der Waals surface area contributed by atoms with Crippen molar-refractivity contribution in [2.75, 3.05) is 6.54 Å². The van der Waals surface area contributed by atoms with Gasteiger partial charge >= 0.3 is 0 Å². The average Bonchev–Trinajstić information content (AvgIpc) is 2.60. The summed E-state index contributed by atoms with van der Waals surface area (Å²) in [5.41, 5.74) is 0.539. The van der Waals surface area contributed by atoms with Crippen molar-refractivity contribution in [1.29, 1.82) is 0 Å². The summed E-state index contributed by atoms with van der Waals surface area (Å²) < 4.78 is 1.51. The van der Waals surface area contributed by atoms with E-state index < -0.39 is 11.5 Å². The molecule has 0 aliphatic carbocycles. The Balaban J connectivity index is 2.17. The van der Waals surface area contributed by atoms with Crippen molar-refractivity contribution in [2.45, 2.75) is 33.7 Å². The van der Waals surface area contributed by atoms with Gasteiger partial charge in [-0.15, -0.1) is 0 Å². The van der Waals surface area contributed by atoms with Crippen molar-refractivity contribution in [2.24, 2.45) is 10.9 Å². The Labute approximate surface area is 162 Å². The Morgan fingerprint density at radius 1 is 1.41 bits per heavy atom. The summed E-state index contributed by atoms with van der Waals surface area (Å²) in [6.07, 6.45) is 2.78. The highest BCUT2D eigenvalue weighted by Crippen LogP contribution is 2.29. The number of aromatic hydroxyl groups is 1. The molecule has 7 heteroatoms. The fraction of sp³-hybridized carbons (Fsp3) is 0.350. The van der Waals surface area contributed by atoms with Gasteiger partial charge in [0.15, 0.2) is 0 Å². The van der Waals surface area contributed by atoms with Crippen LogP contribution < -0.4 is 10.9 Å². The molecule has 0 saturated carbocycles. The molecule has 0 unspecified atom stereocenters. The van der Waals surface area contributed by atoms with Crippen LogP contribution in [-0.4, -0.2) is 28.0 Å². The lowest BCUT2D eigenvalue weighted by Gasteiger charge is -2.18. The van der Waals surface area contributed by atoms with Crippen LogP contribution in [0, 0.1) is 5.92 Å². The van der Waals surface area contributed by atoms with Gasteiger partial charge in [-0.05, 0) is 43.0 Å². The molecule has 0 spiro atoms. The van der Waals surface area contributed by atoms with Crippen LogP contribution in [0.1, 0.15) is 37.6 Å². The first kappa shape index (κ1) is 19.2. The van der Waals surface area contributed by atoms with Crippen LogP contribution >= 0.6 is 11.6 Å². The third-order valence-electron chi connectivity index (χ3n) is 4.43. The molecular weight excluding hydrogens is 366 g/mol. The summed E-state index contributed by atoms with van der Waals surface area (Å²) in [4.78, 5) is 30.2. The number of amides is 1. The number of carbonyl (C=O) groups excluding carboxylic acids is 1. The number of hydrogen-bond donors (Lipinski definition) is 2. The number of benzene rings is 1. The minimum absolute atomic E-state index is 0.176. The van der Waals surface area contributed by atoms with Crippen LogP contribution in [0.2, 0.25) is 5.02 Å². The number of pyridine rings is 1. The van der Waals surface area contributed by atoms with E-state index in [4.69, 9.17) is 11.6 Å². The lowest BCUT2D eigenvalue weighted by molar-refractivity contribution is 0.0972. The van der Waals surface area contributed by atoms with Gasteiger partial charge in [0.25, 0.3) is 11.5 Å². The van der Waals surface area contributed by atoms with Crippen molar-refractivity contribution in [3.8, 4) is 5.75 Å². The first-order valence-electron chi connectivity index (χ1n) is 8.87. The SMILES string of the molecule is CC1=CCCN=C1NC(=O)c1c(O)c2cc(Cl)ccc2n(CC(C)C)c1=O. The Bertz CT molecular complexity index is 1030. The number of hydrogen-bond acceptors (Lipinski definition) is 4. The van der Waals surface area contributed by atoms with Crippen molar-refractivity contribution >= 4 is 34.2 Å². The molecule has 3 rings (SSSR count). The largest absolute Gasteiger partial charge is 0.506 e. The summed E-state index contributed by atoms with van der Waals surface area (Å²) in [7, 11) is 0. The zero-order valence-electron chi connectivity index (χ0n) is 15.5. The number of aromatic nitrogens is 1. The van der Waals surface area contributed by atoms with Gasteiger partial charge in [0.2, 0.25) is 0 Å². The maximum absolute atomic E-state index is 13.0. The number of carbonyl (C=O) groups is 1. The number of halogens is 1. The van der Waals surface area contributed by atoms with Gasteiger partial charge in [-0.1, -0.05) is 31.5 Å². The molecule has 0 atom stereocenters. The highest BCUT2D eigenvalue weighted by molar-refractivity contribution is 6.31. The van der Waals surface area contributed by atoms with E-state index in [-0.39, 0.29) is 17.2 Å². The molecule has 0 radical (unpaired) electrons. The summed E-state index contributed by atoms with van der Waals surface area (Å²) in [5.74, 6) is -0.445. The van der Waals surface area contributed by atoms with Crippen LogP contribution in [-0.2, 0) is 6.54 Å². The second kappa shape index (κ2) is 7.56. The lowest BCUT2D eigenvalue weighted by atomic mass is 10.1. The first-order valence-corrected chi connectivity index (χ1v) is 9.25. The molecular formula is C20H22ClN3O3. The van der Waals surface area contributed by atoms with Crippen LogP contribution in [0.4, 0.5) is 0 Å². The molecule has 1 amide bonds. The number of aliphatic imine (C=N–C) groups is 1. The molecule has 0 fully saturated rings. The van der Waals surface area contributed by atoms with E-state index in [0.717, 1.165) is 12.0 Å². The molecule has 1 aliphatic heterocycles. The number of amidine groups is 1. The molecule has 27 heavy (non-hydrogen) atoms. The zero-order valence-corrected chi connectivity index (χ0v) is 16.3. The van der Waals surface area contributed by atoms with E-state index in [9.17, 15) is 14.7 Å². The third-order valence-corrected chi connectivity index (χ3v) is 4.67. The summed E-state index contributed by atoms with van der Waals surface area (Å²) in [6.45, 7) is 6.79. The van der Waals surface area contributed by atoms with Crippen molar-refractivity contribution in [3.05, 3.63) is 50.8 Å². The van der Waals surface area contributed by atoms with E-state index in [1.54, 1.807) is 18.2 Å². The molecule has 2 N–H and O–H groups in total. The Morgan fingerprint density at radius 2 is 2.15 bits per heavy atom. The average molecular weight is 388 g/mol. The number of fused-ring (bicyclic) bond motifs is 1. The second-order valence-corrected chi connectivity index (χ2v) is 7.49. The van der Waals surface area contributed by atoms with Gasteiger partial charge in [-0.2, -0.15) is 0 Å². The van der Waals surface area contributed by atoms with Crippen LogP contribution in [0.5, 0.6) is 5.75 Å². The smallest absolute Gasteiger partial charge is 0.267 e. The standard InChI is InChI=1S/C20H22ClN3O3/c1-11(2)10-24-15-7-6-13(21)9-14(15)17(25)16(20(24)27)19(26)23-18-12(3)5-4-8-22-18/h5-7,9,11,25H,4,8,10H2,1-3H3,(H,22,23,26). The predicted octanol–water partition coefficient (Wildman–Crippen LogP) is 3.49. The number of nitrogens with one attached hydrogen (secondary N) is 1. The summed E-state index contributed by atoms with van der Waals surface area (Å²) in [6, 6.07) is 4.90. The highest BCUT2D eigenvalue weighted by atomic mass is 35.5. The van der Waals surface area contributed by atoms with Gasteiger partial charge in [-0.3, -0.25) is 14.6 Å². The van der Waals surface area contributed by atoms with E-state index in [0.29, 0.717) is 34.9 Å². The number of rotatable bonds is 3. The molecule has 1 aromatic carbocycles. The van der Waals surface area contributed by atoms with Crippen molar-refractivity contribution < 1.29 is 9.90 Å². The molecule has 6 nitrogen and oxygen atoms in total. The maximum atomic E-state index is 13.0. The van der Waals surface area contributed by atoms with Crippen LogP contribution in [0.3, 0.4) is 0 Å². The lowest BCUT2D eigenvalue weighted by Crippen LogP contribution is -2.38. The normalized spacial score (nSPS) is 14.3. The van der Waals surface area contributed by atoms with Gasteiger partial charge in [0.05, 0.1) is 5.52 Å². The predicted molar refractivity (Wildman–Crippen MR) is 108 cm³/mol. The molecule has 1 aliphatic rings. The van der Waals surface area contributed by atoms with Gasteiger partial charge < -0.3 is 15.0 Å². The summed E-state index contributed by atoms with van der Waals surface area (Å²) in [5, 5.41) is 14.1. The van der Waals surface area contributed by atoms with E-state index in [1.807, 2.05) is 26.8 Å². The van der Waals surface area contributed by atoms with Gasteiger partial charge in [0, 0.05) is 23.5 Å². The molecule has 2 heterocycles. The molecule has 0 saturated heterocycles. The fourth-order valence-corrected chi connectivity index (χ4v) is 3.32. The number of dihydropyridines is 1. The minimum Gasteiger partial charge on any atom is -0.506 e. The highest BCUT2D eigenvalue weighted by Gasteiger charge is 2.24. The second-order valence-electron chi connectivity index (χ2n) is 7.05. The quantitative estimate of drug-likeness (QED) is 0.845. The molecule has 1 aromatic heterocycles.